The van der Waals surface area contributed by atoms with Crippen LogP contribution in [0.25, 0.3) is 0 Å². The van der Waals surface area contributed by atoms with E-state index in [1.54, 1.807) is 25.1 Å². The lowest BCUT2D eigenvalue weighted by atomic mass is 10.0. The molecule has 39 heavy (non-hydrogen) atoms. The van der Waals surface area contributed by atoms with E-state index in [9.17, 15) is 18.0 Å². The van der Waals surface area contributed by atoms with E-state index in [4.69, 9.17) is 11.6 Å². The molecule has 0 saturated carbocycles. The molecule has 1 atom stereocenters. The van der Waals surface area contributed by atoms with Gasteiger partial charge in [-0.05, 0) is 61.7 Å². The molecule has 0 saturated heterocycles. The Morgan fingerprint density at radius 2 is 1.62 bits per heavy atom. The van der Waals surface area contributed by atoms with Crippen molar-refractivity contribution in [1.29, 1.82) is 0 Å². The summed E-state index contributed by atoms with van der Waals surface area (Å²) < 4.78 is 27.7. The Bertz CT molecular complexity index is 1420. The van der Waals surface area contributed by atoms with Gasteiger partial charge in [0.2, 0.25) is 21.8 Å². The molecule has 3 aromatic rings. The molecule has 1 N–H and O–H groups in total. The molecule has 2 amide bonds. The molecule has 0 fully saturated rings. The van der Waals surface area contributed by atoms with Crippen LogP contribution in [0.3, 0.4) is 0 Å². The van der Waals surface area contributed by atoms with Gasteiger partial charge in [-0.1, -0.05) is 76.1 Å². The standard InChI is InChI=1S/C29H33BrClN3O4S/c1-20(2)32-29(36)27(17-22-10-6-5-7-11-22)33(18-23-12-8-13-24(30)16-23)28(35)19-34(39(4,37)38)26-15-9-14-25(31)21(26)3/h5-16,20,27H,17-19H2,1-4H3,(H,32,36)/t27-/m1/s1. The minimum Gasteiger partial charge on any atom is -0.352 e. The van der Waals surface area contributed by atoms with Crippen LogP contribution in [0.1, 0.15) is 30.5 Å². The molecule has 3 aromatic carbocycles. The summed E-state index contributed by atoms with van der Waals surface area (Å²) in [5.74, 6) is -0.832. The van der Waals surface area contributed by atoms with Gasteiger partial charge in [0.05, 0.1) is 11.9 Å². The topological polar surface area (TPSA) is 86.8 Å². The zero-order valence-corrected chi connectivity index (χ0v) is 25.6. The second-order valence-electron chi connectivity index (χ2n) is 9.67. The van der Waals surface area contributed by atoms with E-state index >= 15 is 0 Å². The molecule has 0 bridgehead atoms. The second kappa shape index (κ2) is 13.5. The quantitative estimate of drug-likeness (QED) is 0.309. The Kier molecular flexibility index (Phi) is 10.6. The van der Waals surface area contributed by atoms with Gasteiger partial charge in [0, 0.05) is 28.5 Å². The Balaban J connectivity index is 2.08. The van der Waals surface area contributed by atoms with Crippen LogP contribution < -0.4 is 9.62 Å². The number of rotatable bonds is 11. The molecule has 0 radical (unpaired) electrons. The van der Waals surface area contributed by atoms with E-state index in [-0.39, 0.29) is 24.9 Å². The largest absolute Gasteiger partial charge is 0.352 e. The van der Waals surface area contributed by atoms with Crippen LogP contribution in [0.2, 0.25) is 5.02 Å². The number of nitrogens with zero attached hydrogens (tertiary/aromatic N) is 2. The van der Waals surface area contributed by atoms with Crippen LogP contribution >= 0.6 is 27.5 Å². The highest BCUT2D eigenvalue weighted by Gasteiger charge is 2.33. The first-order valence-electron chi connectivity index (χ1n) is 12.5. The molecule has 208 valence electrons. The number of amides is 2. The van der Waals surface area contributed by atoms with Crippen molar-refractivity contribution in [1.82, 2.24) is 10.2 Å². The summed E-state index contributed by atoms with van der Waals surface area (Å²) in [5.41, 5.74) is 2.51. The fourth-order valence-electron chi connectivity index (χ4n) is 4.23. The molecule has 3 rings (SSSR count). The van der Waals surface area contributed by atoms with E-state index in [0.29, 0.717) is 16.3 Å². The minimum absolute atomic E-state index is 0.105. The van der Waals surface area contributed by atoms with Crippen molar-refractivity contribution in [2.45, 2.75) is 45.8 Å². The maximum Gasteiger partial charge on any atom is 0.244 e. The lowest BCUT2D eigenvalue weighted by Gasteiger charge is -2.34. The van der Waals surface area contributed by atoms with Gasteiger partial charge in [0.1, 0.15) is 12.6 Å². The molecule has 0 aliphatic carbocycles. The molecule has 0 aliphatic rings. The van der Waals surface area contributed by atoms with E-state index in [1.807, 2.05) is 68.4 Å². The van der Waals surface area contributed by atoms with E-state index in [0.717, 1.165) is 26.2 Å². The molecule has 0 aliphatic heterocycles. The normalized spacial score (nSPS) is 12.2. The average Bonchev–Trinajstić information content (AvgIpc) is 2.86. The number of hydrogen-bond acceptors (Lipinski definition) is 4. The Hall–Kier alpha value is -2.88. The smallest absolute Gasteiger partial charge is 0.244 e. The summed E-state index contributed by atoms with van der Waals surface area (Å²) in [6.45, 7) is 5.02. The first kappa shape index (κ1) is 30.7. The summed E-state index contributed by atoms with van der Waals surface area (Å²) in [6, 6.07) is 20.8. The first-order valence-corrected chi connectivity index (χ1v) is 15.5. The summed E-state index contributed by atoms with van der Waals surface area (Å²) in [5, 5.41) is 3.32. The van der Waals surface area contributed by atoms with E-state index in [2.05, 4.69) is 21.2 Å². The Morgan fingerprint density at radius 1 is 0.974 bits per heavy atom. The molecule has 0 unspecified atom stereocenters. The van der Waals surface area contributed by atoms with Gasteiger partial charge in [0.25, 0.3) is 0 Å². The van der Waals surface area contributed by atoms with Crippen LogP contribution in [-0.2, 0) is 32.6 Å². The molecular formula is C29H33BrClN3O4S. The molecular weight excluding hydrogens is 602 g/mol. The fraction of sp³-hybridized carbons (Fsp3) is 0.310. The van der Waals surface area contributed by atoms with Gasteiger partial charge in [-0.2, -0.15) is 0 Å². The zero-order valence-electron chi connectivity index (χ0n) is 22.4. The third kappa shape index (κ3) is 8.55. The summed E-state index contributed by atoms with van der Waals surface area (Å²) in [7, 11) is -3.87. The zero-order chi connectivity index (χ0) is 28.7. The van der Waals surface area contributed by atoms with Crippen molar-refractivity contribution < 1.29 is 18.0 Å². The van der Waals surface area contributed by atoms with E-state index < -0.39 is 28.5 Å². The lowest BCUT2D eigenvalue weighted by molar-refractivity contribution is -0.140. The SMILES string of the molecule is Cc1c(Cl)cccc1N(CC(=O)N(Cc1cccc(Br)c1)[C@H](Cc1ccccc1)C(=O)NC(C)C)S(C)(=O)=O. The molecule has 0 spiro atoms. The van der Waals surface area contributed by atoms with Gasteiger partial charge in [0.15, 0.2) is 0 Å². The number of halogens is 2. The van der Waals surface area contributed by atoms with Gasteiger partial charge in [-0.3, -0.25) is 13.9 Å². The fourth-order valence-corrected chi connectivity index (χ4v) is 5.74. The average molecular weight is 635 g/mol. The van der Waals surface area contributed by atoms with Crippen molar-refractivity contribution in [2.24, 2.45) is 0 Å². The number of hydrogen-bond donors (Lipinski definition) is 1. The van der Waals surface area contributed by atoms with Crippen molar-refractivity contribution >= 4 is 55.1 Å². The van der Waals surface area contributed by atoms with Crippen LogP contribution in [0.15, 0.2) is 77.3 Å². The van der Waals surface area contributed by atoms with Crippen LogP contribution in [0.5, 0.6) is 0 Å². The maximum absolute atomic E-state index is 14.1. The third-order valence-corrected chi connectivity index (χ3v) is 8.16. The number of sulfonamides is 1. The monoisotopic (exact) mass is 633 g/mol. The van der Waals surface area contributed by atoms with Gasteiger partial charge in [-0.25, -0.2) is 8.42 Å². The second-order valence-corrected chi connectivity index (χ2v) is 12.9. The highest BCUT2D eigenvalue weighted by Crippen LogP contribution is 2.29. The van der Waals surface area contributed by atoms with Crippen LogP contribution in [0.4, 0.5) is 5.69 Å². The van der Waals surface area contributed by atoms with Gasteiger partial charge < -0.3 is 10.2 Å². The molecule has 10 heteroatoms. The van der Waals surface area contributed by atoms with E-state index in [1.165, 1.54) is 4.90 Å². The number of carbonyl (C=O) groups is 2. The summed E-state index contributed by atoms with van der Waals surface area (Å²) in [6.07, 6.45) is 1.31. The molecule has 7 nitrogen and oxygen atoms in total. The lowest BCUT2D eigenvalue weighted by Crippen LogP contribution is -2.54. The van der Waals surface area contributed by atoms with Crippen LogP contribution in [-0.4, -0.2) is 50.0 Å². The minimum atomic E-state index is -3.87. The van der Waals surface area contributed by atoms with Crippen LogP contribution in [0, 0.1) is 6.92 Å². The highest BCUT2D eigenvalue weighted by molar-refractivity contribution is 9.10. The van der Waals surface area contributed by atoms with Crippen molar-refractivity contribution in [3.63, 3.8) is 0 Å². The first-order chi connectivity index (χ1) is 18.4. The predicted molar refractivity (Wildman–Crippen MR) is 160 cm³/mol. The third-order valence-electron chi connectivity index (χ3n) is 6.13. The summed E-state index contributed by atoms with van der Waals surface area (Å²) >= 11 is 9.76. The summed E-state index contributed by atoms with van der Waals surface area (Å²) in [4.78, 5) is 29.1. The van der Waals surface area contributed by atoms with Gasteiger partial charge >= 0.3 is 0 Å². The predicted octanol–water partition coefficient (Wildman–Crippen LogP) is 5.34. The van der Waals surface area contributed by atoms with Crippen molar-refractivity contribution in [2.75, 3.05) is 17.1 Å². The Morgan fingerprint density at radius 3 is 2.23 bits per heavy atom. The maximum atomic E-state index is 14.1. The van der Waals surface area contributed by atoms with Crippen molar-refractivity contribution in [3.05, 3.63) is 99.0 Å². The number of anilines is 1. The number of nitrogens with one attached hydrogen (secondary N) is 1. The number of carbonyl (C=O) groups excluding carboxylic acids is 2. The van der Waals surface area contributed by atoms with Gasteiger partial charge in [-0.15, -0.1) is 0 Å². The molecule has 0 heterocycles. The molecule has 0 aromatic heterocycles. The Labute approximate surface area is 244 Å². The number of benzene rings is 3. The highest BCUT2D eigenvalue weighted by atomic mass is 79.9. The van der Waals surface area contributed by atoms with Crippen molar-refractivity contribution in [3.8, 4) is 0 Å².